The number of benzene rings is 1. The zero-order valence-corrected chi connectivity index (χ0v) is 12.1. The summed E-state index contributed by atoms with van der Waals surface area (Å²) < 4.78 is 5.74. The molecule has 19 heavy (non-hydrogen) atoms. The highest BCUT2D eigenvalue weighted by atomic mass is 16.6. The van der Waals surface area contributed by atoms with E-state index in [1.54, 1.807) is 0 Å². The molecule has 3 heteroatoms. The number of para-hydroxylation sites is 1. The zero-order chi connectivity index (χ0) is 14.3. The second-order valence-electron chi connectivity index (χ2n) is 6.13. The van der Waals surface area contributed by atoms with Crippen molar-refractivity contribution in [1.82, 2.24) is 0 Å². The van der Waals surface area contributed by atoms with Crippen molar-refractivity contribution in [1.29, 1.82) is 0 Å². The first-order chi connectivity index (χ1) is 8.80. The van der Waals surface area contributed by atoms with Gasteiger partial charge in [-0.1, -0.05) is 32.0 Å². The number of esters is 1. The molecule has 0 unspecified atom stereocenters. The molecule has 0 spiro atoms. The number of rotatable bonds is 2. The minimum absolute atomic E-state index is 0.177. The van der Waals surface area contributed by atoms with E-state index in [1.165, 1.54) is 6.92 Å². The van der Waals surface area contributed by atoms with Crippen LogP contribution in [0.1, 0.15) is 51.2 Å². The third-order valence-corrected chi connectivity index (χ3v) is 4.41. The van der Waals surface area contributed by atoms with Crippen molar-refractivity contribution in [3.05, 3.63) is 29.3 Å². The van der Waals surface area contributed by atoms with E-state index >= 15 is 0 Å². The third kappa shape index (κ3) is 2.11. The van der Waals surface area contributed by atoms with Crippen molar-refractivity contribution >= 4 is 5.97 Å². The van der Waals surface area contributed by atoms with Crippen LogP contribution in [0.25, 0.3) is 0 Å². The SMILES string of the molecule is CC(=O)O[C@]1(c2cccc(C)c2O)CCCC1(C)C. The standard InChI is InChI=1S/C16H22O3/c1-11-7-5-8-13(14(11)18)16(19-12(2)17)10-6-9-15(16,3)4/h5,7-8,18H,6,9-10H2,1-4H3/t16-/m0/s1. The molecule has 0 aliphatic heterocycles. The van der Waals surface area contributed by atoms with Gasteiger partial charge in [-0.3, -0.25) is 4.79 Å². The molecule has 2 rings (SSSR count). The summed E-state index contributed by atoms with van der Waals surface area (Å²) in [5, 5.41) is 10.4. The lowest BCUT2D eigenvalue weighted by Crippen LogP contribution is -2.41. The number of phenols is 1. The van der Waals surface area contributed by atoms with Crippen molar-refractivity contribution in [3.8, 4) is 5.75 Å². The number of ether oxygens (including phenoxy) is 1. The Morgan fingerprint density at radius 1 is 1.32 bits per heavy atom. The van der Waals surface area contributed by atoms with Crippen LogP contribution in [0.3, 0.4) is 0 Å². The van der Waals surface area contributed by atoms with Crippen LogP contribution < -0.4 is 0 Å². The molecule has 1 fully saturated rings. The van der Waals surface area contributed by atoms with Gasteiger partial charge in [-0.05, 0) is 31.7 Å². The molecule has 3 nitrogen and oxygen atoms in total. The lowest BCUT2D eigenvalue weighted by Gasteiger charge is -2.41. The topological polar surface area (TPSA) is 46.5 Å². The quantitative estimate of drug-likeness (QED) is 0.827. The molecule has 0 bridgehead atoms. The number of hydrogen-bond donors (Lipinski definition) is 1. The van der Waals surface area contributed by atoms with Crippen molar-refractivity contribution < 1.29 is 14.6 Å². The minimum atomic E-state index is -0.713. The van der Waals surface area contributed by atoms with E-state index in [1.807, 2.05) is 25.1 Å². The first-order valence-corrected chi connectivity index (χ1v) is 6.79. The summed E-state index contributed by atoms with van der Waals surface area (Å²) in [5.41, 5.74) is 0.663. The number of carbonyl (C=O) groups excluding carboxylic acids is 1. The highest BCUT2D eigenvalue weighted by Gasteiger charge is 2.54. The summed E-state index contributed by atoms with van der Waals surface area (Å²) in [5.74, 6) is -0.0467. The van der Waals surface area contributed by atoms with Crippen molar-refractivity contribution in [3.63, 3.8) is 0 Å². The molecule has 1 saturated carbocycles. The van der Waals surface area contributed by atoms with E-state index in [4.69, 9.17) is 4.74 Å². The molecule has 104 valence electrons. The second kappa shape index (κ2) is 4.55. The normalized spacial score (nSPS) is 25.3. The van der Waals surface area contributed by atoms with Gasteiger partial charge in [0, 0.05) is 17.9 Å². The number of phenolic OH excluding ortho intramolecular Hbond substituents is 1. The first kappa shape index (κ1) is 13.9. The molecule has 1 aliphatic rings. The molecule has 0 heterocycles. The number of aryl methyl sites for hydroxylation is 1. The highest BCUT2D eigenvalue weighted by molar-refractivity contribution is 5.67. The van der Waals surface area contributed by atoms with Crippen molar-refractivity contribution in [2.45, 2.75) is 52.6 Å². The Hall–Kier alpha value is -1.51. The fourth-order valence-corrected chi connectivity index (χ4v) is 3.29. The maximum atomic E-state index is 11.6. The van der Waals surface area contributed by atoms with Crippen molar-refractivity contribution in [2.75, 3.05) is 0 Å². The van der Waals surface area contributed by atoms with Gasteiger partial charge in [0.1, 0.15) is 11.4 Å². The predicted molar refractivity (Wildman–Crippen MR) is 73.9 cm³/mol. The van der Waals surface area contributed by atoms with Crippen molar-refractivity contribution in [2.24, 2.45) is 5.41 Å². The van der Waals surface area contributed by atoms with E-state index < -0.39 is 5.60 Å². The van der Waals surface area contributed by atoms with E-state index in [0.717, 1.165) is 30.4 Å². The fraction of sp³-hybridized carbons (Fsp3) is 0.562. The maximum Gasteiger partial charge on any atom is 0.303 e. The lowest BCUT2D eigenvalue weighted by molar-refractivity contribution is -0.170. The van der Waals surface area contributed by atoms with Crippen LogP contribution in [0.15, 0.2) is 18.2 Å². The Labute approximate surface area is 114 Å². The van der Waals surface area contributed by atoms with Crippen LogP contribution in [0, 0.1) is 12.3 Å². The summed E-state index contributed by atoms with van der Waals surface area (Å²) in [6, 6.07) is 5.64. The summed E-state index contributed by atoms with van der Waals surface area (Å²) in [4.78, 5) is 11.6. The number of carbonyl (C=O) groups is 1. The van der Waals surface area contributed by atoms with E-state index in [0.29, 0.717) is 0 Å². The van der Waals surface area contributed by atoms with Crippen LogP contribution in [-0.2, 0) is 15.1 Å². The van der Waals surface area contributed by atoms with Gasteiger partial charge in [-0.15, -0.1) is 0 Å². The molecule has 1 aliphatic carbocycles. The van der Waals surface area contributed by atoms with Gasteiger partial charge in [0.05, 0.1) is 0 Å². The summed E-state index contributed by atoms with van der Waals surface area (Å²) in [6.07, 6.45) is 2.73. The average molecular weight is 262 g/mol. The summed E-state index contributed by atoms with van der Waals surface area (Å²) in [7, 11) is 0. The van der Waals surface area contributed by atoms with Gasteiger partial charge >= 0.3 is 5.97 Å². The molecule has 0 amide bonds. The predicted octanol–water partition coefficient (Wildman–Crippen LogP) is 3.67. The largest absolute Gasteiger partial charge is 0.507 e. The average Bonchev–Trinajstić information content (AvgIpc) is 2.58. The van der Waals surface area contributed by atoms with Crippen LogP contribution >= 0.6 is 0 Å². The molecule has 1 atom stereocenters. The Bertz CT molecular complexity index is 505. The van der Waals surface area contributed by atoms with E-state index in [-0.39, 0.29) is 17.1 Å². The monoisotopic (exact) mass is 262 g/mol. The number of aromatic hydroxyl groups is 1. The first-order valence-electron chi connectivity index (χ1n) is 6.79. The highest BCUT2D eigenvalue weighted by Crippen LogP contribution is 2.56. The molecular weight excluding hydrogens is 240 g/mol. The lowest BCUT2D eigenvalue weighted by atomic mass is 9.72. The van der Waals surface area contributed by atoms with Gasteiger partial charge in [-0.2, -0.15) is 0 Å². The van der Waals surface area contributed by atoms with Crippen LogP contribution in [0.2, 0.25) is 0 Å². The molecule has 1 aromatic rings. The maximum absolute atomic E-state index is 11.6. The molecule has 1 aromatic carbocycles. The fourth-order valence-electron chi connectivity index (χ4n) is 3.29. The molecule has 0 radical (unpaired) electrons. The Morgan fingerprint density at radius 3 is 2.53 bits per heavy atom. The van der Waals surface area contributed by atoms with Gasteiger partial charge in [0.25, 0.3) is 0 Å². The number of hydrogen-bond acceptors (Lipinski definition) is 3. The molecule has 1 N–H and O–H groups in total. The Kier molecular flexibility index (Phi) is 3.33. The third-order valence-electron chi connectivity index (χ3n) is 4.41. The van der Waals surface area contributed by atoms with E-state index in [2.05, 4.69) is 13.8 Å². The van der Waals surface area contributed by atoms with Crippen LogP contribution in [0.5, 0.6) is 5.75 Å². The molecule has 0 saturated heterocycles. The second-order valence-corrected chi connectivity index (χ2v) is 6.13. The molecule has 0 aromatic heterocycles. The van der Waals surface area contributed by atoms with Crippen LogP contribution in [0.4, 0.5) is 0 Å². The van der Waals surface area contributed by atoms with Gasteiger partial charge in [0.15, 0.2) is 0 Å². The van der Waals surface area contributed by atoms with Gasteiger partial charge < -0.3 is 9.84 Å². The van der Waals surface area contributed by atoms with E-state index in [9.17, 15) is 9.90 Å². The Morgan fingerprint density at radius 2 is 2.00 bits per heavy atom. The minimum Gasteiger partial charge on any atom is -0.507 e. The van der Waals surface area contributed by atoms with Gasteiger partial charge in [-0.25, -0.2) is 0 Å². The Balaban J connectivity index is 2.62. The summed E-state index contributed by atoms with van der Waals surface area (Å²) in [6.45, 7) is 7.50. The smallest absolute Gasteiger partial charge is 0.303 e. The molecular formula is C16H22O3. The summed E-state index contributed by atoms with van der Waals surface area (Å²) >= 11 is 0. The van der Waals surface area contributed by atoms with Crippen LogP contribution in [-0.4, -0.2) is 11.1 Å². The van der Waals surface area contributed by atoms with Gasteiger partial charge in [0.2, 0.25) is 0 Å². The zero-order valence-electron chi connectivity index (χ0n) is 12.1.